The van der Waals surface area contributed by atoms with Crippen LogP contribution in [0.5, 0.6) is 11.5 Å². The molecule has 5 aromatic rings. The lowest BCUT2D eigenvalue weighted by molar-refractivity contribution is -0.137. The number of esters is 1. The van der Waals surface area contributed by atoms with Gasteiger partial charge in [0.1, 0.15) is 11.3 Å². The molecule has 5 rings (SSSR count). The number of hydrogen-bond donors (Lipinski definition) is 2. The third kappa shape index (κ3) is 7.64. The van der Waals surface area contributed by atoms with E-state index in [9.17, 15) is 22.8 Å². The highest BCUT2D eigenvalue weighted by atomic mass is 79.9. The van der Waals surface area contributed by atoms with E-state index in [1.54, 1.807) is 36.4 Å². The normalized spacial score (nSPS) is 11.1. The van der Waals surface area contributed by atoms with Crippen LogP contribution in [0, 0.1) is 0 Å². The molecule has 2 N–H and O–H groups in total. The maximum absolute atomic E-state index is 13.6. The van der Waals surface area contributed by atoms with E-state index in [4.69, 9.17) is 9.47 Å². The summed E-state index contributed by atoms with van der Waals surface area (Å²) in [7, 11) is 0. The number of halogens is 4. The summed E-state index contributed by atoms with van der Waals surface area (Å²) in [5, 5.41) is 4.99. The van der Waals surface area contributed by atoms with E-state index in [1.165, 1.54) is 12.1 Å². The number of alkyl halides is 3. The molecule has 6 nitrogen and oxygen atoms in total. The van der Waals surface area contributed by atoms with Gasteiger partial charge in [-0.1, -0.05) is 88.7 Å². The smallest absolute Gasteiger partial charge is 0.416 e. The van der Waals surface area contributed by atoms with Crippen molar-refractivity contribution in [1.29, 1.82) is 0 Å². The standard InChI is InChI=1S/C34H24BrF3N2O4/c35-25-16-18-26(19-17-25)39-33(42)40-28-21-24(34(36,37)38)15-20-30(28)43-29-14-8-7-13-27(29)32(41)44-31(22-9-3-1-4-10-22)23-11-5-2-6-12-23/h1-21,31H,(H2,39,40,42). The van der Waals surface area contributed by atoms with Gasteiger partial charge in [0, 0.05) is 10.2 Å². The van der Waals surface area contributed by atoms with Crippen molar-refractivity contribution in [2.45, 2.75) is 12.3 Å². The Labute approximate surface area is 259 Å². The third-order valence-corrected chi connectivity index (χ3v) is 6.94. The molecule has 0 aromatic heterocycles. The first-order valence-electron chi connectivity index (χ1n) is 13.3. The summed E-state index contributed by atoms with van der Waals surface area (Å²) < 4.78 is 53.5. The Kier molecular flexibility index (Phi) is 9.30. The molecule has 5 aromatic carbocycles. The number of rotatable bonds is 8. The minimum absolute atomic E-state index is 0.0218. The van der Waals surface area contributed by atoms with Gasteiger partial charge in [-0.2, -0.15) is 13.2 Å². The second-order valence-electron chi connectivity index (χ2n) is 9.50. The fourth-order valence-electron chi connectivity index (χ4n) is 4.31. The summed E-state index contributed by atoms with van der Waals surface area (Å²) in [4.78, 5) is 26.3. The molecule has 0 unspecified atom stereocenters. The Hall–Kier alpha value is -5.09. The number of hydrogen-bond acceptors (Lipinski definition) is 4. The molecule has 10 heteroatoms. The van der Waals surface area contributed by atoms with Crippen LogP contribution in [-0.2, 0) is 10.9 Å². The zero-order valence-corrected chi connectivity index (χ0v) is 24.4. The molecular weight excluding hydrogens is 637 g/mol. The first-order chi connectivity index (χ1) is 21.2. The molecule has 0 heterocycles. The number of amides is 2. The van der Waals surface area contributed by atoms with E-state index in [-0.39, 0.29) is 22.7 Å². The third-order valence-electron chi connectivity index (χ3n) is 6.41. The fraction of sp³-hybridized carbons (Fsp3) is 0.0588. The van der Waals surface area contributed by atoms with Crippen molar-refractivity contribution < 1.29 is 32.2 Å². The van der Waals surface area contributed by atoms with Crippen molar-refractivity contribution in [3.8, 4) is 11.5 Å². The van der Waals surface area contributed by atoms with Crippen LogP contribution < -0.4 is 15.4 Å². The Balaban J connectivity index is 1.43. The number of carbonyl (C=O) groups is 2. The van der Waals surface area contributed by atoms with Crippen molar-refractivity contribution in [2.24, 2.45) is 0 Å². The number of anilines is 2. The lowest BCUT2D eigenvalue weighted by Crippen LogP contribution is -2.20. The minimum atomic E-state index is -4.68. The van der Waals surface area contributed by atoms with Crippen molar-refractivity contribution in [1.82, 2.24) is 0 Å². The van der Waals surface area contributed by atoms with Crippen LogP contribution in [0.2, 0.25) is 0 Å². The van der Waals surface area contributed by atoms with Crippen LogP contribution in [-0.4, -0.2) is 12.0 Å². The molecular formula is C34H24BrF3N2O4. The van der Waals surface area contributed by atoms with Crippen LogP contribution in [0.4, 0.5) is 29.3 Å². The van der Waals surface area contributed by atoms with Crippen LogP contribution in [0.15, 0.2) is 132 Å². The molecule has 0 radical (unpaired) electrons. The Morgan fingerprint density at radius 2 is 1.27 bits per heavy atom. The highest BCUT2D eigenvalue weighted by Crippen LogP contribution is 2.38. The molecule has 0 fully saturated rings. The molecule has 0 aliphatic heterocycles. The zero-order valence-electron chi connectivity index (χ0n) is 22.8. The van der Waals surface area contributed by atoms with Gasteiger partial charge in [0.2, 0.25) is 0 Å². The second-order valence-corrected chi connectivity index (χ2v) is 10.4. The fourth-order valence-corrected chi connectivity index (χ4v) is 4.57. The number of carbonyl (C=O) groups excluding carboxylic acids is 2. The van der Waals surface area contributed by atoms with Gasteiger partial charge in [-0.25, -0.2) is 9.59 Å². The summed E-state index contributed by atoms with van der Waals surface area (Å²) in [6.45, 7) is 0. The molecule has 0 aliphatic rings. The van der Waals surface area contributed by atoms with E-state index < -0.39 is 29.8 Å². The average Bonchev–Trinajstić information content (AvgIpc) is 3.02. The minimum Gasteiger partial charge on any atom is -0.454 e. The van der Waals surface area contributed by atoms with Gasteiger partial charge in [0.05, 0.1) is 11.3 Å². The average molecular weight is 661 g/mol. The number of para-hydroxylation sites is 1. The van der Waals surface area contributed by atoms with Gasteiger partial charge in [-0.15, -0.1) is 0 Å². The van der Waals surface area contributed by atoms with Crippen molar-refractivity contribution in [3.05, 3.63) is 154 Å². The van der Waals surface area contributed by atoms with Gasteiger partial charge < -0.3 is 20.1 Å². The number of nitrogens with one attached hydrogen (secondary N) is 2. The van der Waals surface area contributed by atoms with Crippen molar-refractivity contribution >= 4 is 39.3 Å². The first-order valence-corrected chi connectivity index (χ1v) is 14.1. The van der Waals surface area contributed by atoms with E-state index >= 15 is 0 Å². The topological polar surface area (TPSA) is 76.7 Å². The maximum atomic E-state index is 13.6. The predicted octanol–water partition coefficient (Wildman–Crippen LogP) is 9.85. The predicted molar refractivity (Wildman–Crippen MR) is 165 cm³/mol. The zero-order chi connectivity index (χ0) is 31.1. The number of benzene rings is 5. The Morgan fingerprint density at radius 1 is 0.682 bits per heavy atom. The highest BCUT2D eigenvalue weighted by molar-refractivity contribution is 9.10. The van der Waals surface area contributed by atoms with E-state index in [0.717, 1.165) is 33.8 Å². The van der Waals surface area contributed by atoms with Crippen LogP contribution in [0.1, 0.15) is 33.2 Å². The van der Waals surface area contributed by atoms with E-state index in [0.29, 0.717) is 5.69 Å². The number of urea groups is 1. The summed E-state index contributed by atoms with van der Waals surface area (Å²) in [6.07, 6.45) is -5.41. The van der Waals surface area contributed by atoms with Gasteiger partial charge in [0.25, 0.3) is 0 Å². The van der Waals surface area contributed by atoms with Crippen LogP contribution in [0.25, 0.3) is 0 Å². The van der Waals surface area contributed by atoms with Gasteiger partial charge in [-0.05, 0) is 65.7 Å². The molecule has 2 amide bonds. The van der Waals surface area contributed by atoms with Crippen molar-refractivity contribution in [3.63, 3.8) is 0 Å². The van der Waals surface area contributed by atoms with E-state index in [1.807, 2.05) is 60.7 Å². The first kappa shape index (κ1) is 30.4. The van der Waals surface area contributed by atoms with Crippen LogP contribution in [0.3, 0.4) is 0 Å². The monoisotopic (exact) mass is 660 g/mol. The largest absolute Gasteiger partial charge is 0.454 e. The van der Waals surface area contributed by atoms with Gasteiger partial charge in [-0.3, -0.25) is 0 Å². The van der Waals surface area contributed by atoms with Gasteiger partial charge >= 0.3 is 18.2 Å². The summed E-state index contributed by atoms with van der Waals surface area (Å²) in [5.74, 6) is -0.812. The molecule has 44 heavy (non-hydrogen) atoms. The molecule has 222 valence electrons. The summed E-state index contributed by atoms with van der Waals surface area (Å²) in [6, 6.07) is 33.1. The molecule has 0 saturated carbocycles. The number of ether oxygens (including phenoxy) is 2. The molecule has 0 saturated heterocycles. The summed E-state index contributed by atoms with van der Waals surface area (Å²) in [5.41, 5.74) is 0.691. The van der Waals surface area contributed by atoms with Crippen LogP contribution >= 0.6 is 15.9 Å². The second kappa shape index (κ2) is 13.5. The Morgan fingerprint density at radius 3 is 1.89 bits per heavy atom. The highest BCUT2D eigenvalue weighted by Gasteiger charge is 2.32. The maximum Gasteiger partial charge on any atom is 0.416 e. The lowest BCUT2D eigenvalue weighted by atomic mass is 10.0. The quantitative estimate of drug-likeness (QED) is 0.162. The lowest BCUT2D eigenvalue weighted by Gasteiger charge is -2.20. The molecule has 0 bridgehead atoms. The SMILES string of the molecule is O=C(Nc1ccc(Br)cc1)Nc1cc(C(F)(F)F)ccc1Oc1ccccc1C(=O)OC(c1ccccc1)c1ccccc1. The molecule has 0 spiro atoms. The molecule has 0 aliphatic carbocycles. The van der Waals surface area contributed by atoms with E-state index in [2.05, 4.69) is 26.6 Å². The van der Waals surface area contributed by atoms with Gasteiger partial charge in [0.15, 0.2) is 11.9 Å². The Bertz CT molecular complexity index is 1710. The summed E-state index contributed by atoms with van der Waals surface area (Å²) >= 11 is 3.30. The van der Waals surface area contributed by atoms with Crippen molar-refractivity contribution in [2.75, 3.05) is 10.6 Å². The molecule has 0 atom stereocenters.